The van der Waals surface area contributed by atoms with E-state index >= 15 is 0 Å². The topological polar surface area (TPSA) is 41.5 Å². The molecular formula is C16H27NO2S. The minimum Gasteiger partial charge on any atom is -0.496 e. The molecule has 0 fully saturated rings. The van der Waals surface area contributed by atoms with Gasteiger partial charge in [0.15, 0.2) is 0 Å². The van der Waals surface area contributed by atoms with Gasteiger partial charge in [0.2, 0.25) is 0 Å². The molecule has 0 amide bonds. The first-order chi connectivity index (χ1) is 9.62. The molecule has 0 heterocycles. The Labute approximate surface area is 127 Å². The van der Waals surface area contributed by atoms with E-state index in [4.69, 9.17) is 9.84 Å². The molecule has 0 aliphatic heterocycles. The fourth-order valence-electron chi connectivity index (χ4n) is 2.03. The van der Waals surface area contributed by atoms with Gasteiger partial charge in [-0.15, -0.1) is 0 Å². The molecule has 1 aromatic carbocycles. The second kappa shape index (κ2) is 9.27. The highest BCUT2D eigenvalue weighted by Crippen LogP contribution is 2.27. The molecule has 0 spiro atoms. The fraction of sp³-hybridized carbons (Fsp3) is 0.625. The first kappa shape index (κ1) is 17.3. The van der Waals surface area contributed by atoms with Crippen LogP contribution >= 0.6 is 11.8 Å². The Hall–Kier alpha value is -0.710. The van der Waals surface area contributed by atoms with Crippen LogP contribution in [0.4, 0.5) is 0 Å². The Bertz CT molecular complexity index is 398. The van der Waals surface area contributed by atoms with Crippen LogP contribution in [-0.2, 0) is 5.75 Å². The highest BCUT2D eigenvalue weighted by Gasteiger charge is 2.10. The number of hydrogen-bond donors (Lipinski definition) is 2. The van der Waals surface area contributed by atoms with Crippen molar-refractivity contribution in [2.75, 3.05) is 26.0 Å². The molecule has 0 aliphatic carbocycles. The Morgan fingerprint density at radius 1 is 1.35 bits per heavy atom. The molecule has 2 atom stereocenters. The predicted molar refractivity (Wildman–Crippen MR) is 87.5 cm³/mol. The molecule has 0 radical (unpaired) electrons. The van der Waals surface area contributed by atoms with E-state index in [1.165, 1.54) is 11.1 Å². The van der Waals surface area contributed by atoms with Crippen molar-refractivity contribution in [3.63, 3.8) is 0 Å². The van der Waals surface area contributed by atoms with E-state index < -0.39 is 0 Å². The molecule has 0 aromatic heterocycles. The van der Waals surface area contributed by atoms with Gasteiger partial charge in [0.1, 0.15) is 5.75 Å². The molecule has 4 heteroatoms. The highest BCUT2D eigenvalue weighted by molar-refractivity contribution is 7.98. The normalized spacial score (nSPS) is 14.1. The minimum absolute atomic E-state index is 0.252. The Morgan fingerprint density at radius 2 is 2.10 bits per heavy atom. The van der Waals surface area contributed by atoms with E-state index in [9.17, 15) is 0 Å². The number of thioether (sulfide) groups is 1. The van der Waals surface area contributed by atoms with Gasteiger partial charge in [-0.2, -0.15) is 11.8 Å². The lowest BCUT2D eigenvalue weighted by atomic mass is 10.0. The number of methoxy groups -OCH3 is 1. The molecule has 20 heavy (non-hydrogen) atoms. The maximum absolute atomic E-state index is 9.06. The van der Waals surface area contributed by atoms with Crippen LogP contribution in [0.3, 0.4) is 0 Å². The van der Waals surface area contributed by atoms with Crippen LogP contribution in [0, 0.1) is 5.92 Å². The number of benzene rings is 1. The van der Waals surface area contributed by atoms with Gasteiger partial charge in [-0.3, -0.25) is 0 Å². The maximum Gasteiger partial charge on any atom is 0.122 e. The van der Waals surface area contributed by atoms with Crippen LogP contribution in [0.25, 0.3) is 0 Å². The van der Waals surface area contributed by atoms with Gasteiger partial charge in [-0.05, 0) is 42.8 Å². The molecule has 1 rings (SSSR count). The quantitative estimate of drug-likeness (QED) is 0.734. The molecule has 114 valence electrons. The summed E-state index contributed by atoms with van der Waals surface area (Å²) in [6.07, 6.45) is 0. The average molecular weight is 297 g/mol. The molecule has 0 saturated heterocycles. The van der Waals surface area contributed by atoms with E-state index in [0.29, 0.717) is 12.0 Å². The molecule has 0 aliphatic rings. The van der Waals surface area contributed by atoms with Gasteiger partial charge >= 0.3 is 0 Å². The Morgan fingerprint density at radius 3 is 2.70 bits per heavy atom. The number of rotatable bonds is 9. The predicted octanol–water partition coefficient (Wildman–Crippen LogP) is 3.23. The number of ether oxygens (including phenoxy) is 1. The first-order valence-electron chi connectivity index (χ1n) is 7.21. The molecule has 1 aromatic rings. The van der Waals surface area contributed by atoms with Crippen LogP contribution < -0.4 is 10.1 Å². The molecular weight excluding hydrogens is 270 g/mol. The maximum atomic E-state index is 9.06. The summed E-state index contributed by atoms with van der Waals surface area (Å²) in [5, 5.41) is 12.5. The first-order valence-corrected chi connectivity index (χ1v) is 8.36. The third kappa shape index (κ3) is 5.35. The van der Waals surface area contributed by atoms with Crippen LogP contribution in [0.15, 0.2) is 18.2 Å². The van der Waals surface area contributed by atoms with Crippen molar-refractivity contribution < 1.29 is 9.84 Å². The van der Waals surface area contributed by atoms with E-state index in [1.54, 1.807) is 7.11 Å². The van der Waals surface area contributed by atoms with Crippen LogP contribution in [0.2, 0.25) is 0 Å². The summed E-state index contributed by atoms with van der Waals surface area (Å²) in [6, 6.07) is 6.75. The summed E-state index contributed by atoms with van der Waals surface area (Å²) in [4.78, 5) is 0. The van der Waals surface area contributed by atoms with E-state index in [2.05, 4.69) is 44.3 Å². The van der Waals surface area contributed by atoms with E-state index in [0.717, 1.165) is 23.8 Å². The van der Waals surface area contributed by atoms with Crippen molar-refractivity contribution >= 4 is 11.8 Å². The Kier molecular flexibility index (Phi) is 8.04. The third-order valence-electron chi connectivity index (χ3n) is 3.29. The molecule has 3 nitrogen and oxygen atoms in total. The van der Waals surface area contributed by atoms with Crippen molar-refractivity contribution in [2.24, 2.45) is 5.92 Å². The Balaban J connectivity index is 2.73. The summed E-state index contributed by atoms with van der Waals surface area (Å²) < 4.78 is 5.44. The summed E-state index contributed by atoms with van der Waals surface area (Å²) >= 11 is 1.84. The smallest absolute Gasteiger partial charge is 0.122 e. The van der Waals surface area contributed by atoms with E-state index in [-0.39, 0.29) is 6.61 Å². The van der Waals surface area contributed by atoms with Gasteiger partial charge in [-0.25, -0.2) is 0 Å². The molecule has 0 saturated carbocycles. The van der Waals surface area contributed by atoms with Gasteiger partial charge in [0.05, 0.1) is 7.11 Å². The lowest BCUT2D eigenvalue weighted by Crippen LogP contribution is -2.17. The standard InChI is InChI=1S/C16H27NO2S/c1-5-17-13(3)14-6-7-16(19-4)15(8-14)11-20-10-12(2)9-18/h6-8,12-13,17-18H,5,9-11H2,1-4H3. The molecule has 0 bridgehead atoms. The summed E-state index contributed by atoms with van der Waals surface area (Å²) in [5.74, 6) is 3.17. The minimum atomic E-state index is 0.252. The van der Waals surface area contributed by atoms with Crippen molar-refractivity contribution in [1.82, 2.24) is 5.32 Å². The zero-order valence-electron chi connectivity index (χ0n) is 13.0. The van der Waals surface area contributed by atoms with Gasteiger partial charge < -0.3 is 15.2 Å². The second-order valence-electron chi connectivity index (χ2n) is 5.15. The van der Waals surface area contributed by atoms with Crippen molar-refractivity contribution in [3.8, 4) is 5.75 Å². The van der Waals surface area contributed by atoms with Crippen molar-refractivity contribution in [1.29, 1.82) is 0 Å². The number of nitrogens with one attached hydrogen (secondary N) is 1. The second-order valence-corrected chi connectivity index (χ2v) is 6.18. The lowest BCUT2D eigenvalue weighted by molar-refractivity contribution is 0.250. The van der Waals surface area contributed by atoms with Gasteiger partial charge in [0, 0.05) is 24.0 Å². The summed E-state index contributed by atoms with van der Waals surface area (Å²) in [7, 11) is 1.72. The van der Waals surface area contributed by atoms with Crippen LogP contribution in [0.1, 0.15) is 37.9 Å². The zero-order valence-corrected chi connectivity index (χ0v) is 13.8. The summed E-state index contributed by atoms with van der Waals surface area (Å²) in [6.45, 7) is 7.57. The van der Waals surface area contributed by atoms with Crippen LogP contribution in [-0.4, -0.2) is 31.1 Å². The number of aliphatic hydroxyl groups is 1. The van der Waals surface area contributed by atoms with Gasteiger partial charge in [0.25, 0.3) is 0 Å². The summed E-state index contributed by atoms with van der Waals surface area (Å²) in [5.41, 5.74) is 2.52. The third-order valence-corrected chi connectivity index (χ3v) is 4.61. The molecule has 2 unspecified atom stereocenters. The average Bonchev–Trinajstić information content (AvgIpc) is 2.47. The monoisotopic (exact) mass is 297 g/mol. The zero-order chi connectivity index (χ0) is 15.0. The van der Waals surface area contributed by atoms with Crippen molar-refractivity contribution in [2.45, 2.75) is 32.6 Å². The molecule has 2 N–H and O–H groups in total. The number of aliphatic hydroxyl groups excluding tert-OH is 1. The largest absolute Gasteiger partial charge is 0.496 e. The van der Waals surface area contributed by atoms with Crippen molar-refractivity contribution in [3.05, 3.63) is 29.3 Å². The van der Waals surface area contributed by atoms with E-state index in [1.807, 2.05) is 11.8 Å². The highest BCUT2D eigenvalue weighted by atomic mass is 32.2. The number of hydrogen-bond acceptors (Lipinski definition) is 4. The SMILES string of the molecule is CCNC(C)c1ccc(OC)c(CSCC(C)CO)c1. The lowest BCUT2D eigenvalue weighted by Gasteiger charge is -2.16. The van der Waals surface area contributed by atoms with Gasteiger partial charge in [-0.1, -0.05) is 19.9 Å². The van der Waals surface area contributed by atoms with Crippen LogP contribution in [0.5, 0.6) is 5.75 Å². The fourth-order valence-corrected chi connectivity index (χ4v) is 3.10.